The first-order valence-electron chi connectivity index (χ1n) is 6.75. The zero-order valence-electron chi connectivity index (χ0n) is 12.3. The number of aromatic nitrogens is 1. The third-order valence-electron chi connectivity index (χ3n) is 2.89. The van der Waals surface area contributed by atoms with Gasteiger partial charge in [0, 0.05) is 22.9 Å². The topological polar surface area (TPSA) is 54.0 Å². The lowest BCUT2D eigenvalue weighted by molar-refractivity contribution is 0.0943. The second-order valence-corrected chi connectivity index (χ2v) is 5.61. The molecule has 2 N–H and O–H groups in total. The van der Waals surface area contributed by atoms with Crippen molar-refractivity contribution in [3.8, 4) is 0 Å². The van der Waals surface area contributed by atoms with Crippen LogP contribution in [0.3, 0.4) is 0 Å². The van der Waals surface area contributed by atoms with Crippen molar-refractivity contribution in [1.82, 2.24) is 10.3 Å². The van der Waals surface area contributed by atoms with Gasteiger partial charge in [-0.05, 0) is 50.6 Å². The quantitative estimate of drug-likeness (QED) is 0.900. The van der Waals surface area contributed by atoms with Gasteiger partial charge in [0.15, 0.2) is 0 Å². The van der Waals surface area contributed by atoms with Gasteiger partial charge in [-0.3, -0.25) is 9.78 Å². The summed E-state index contributed by atoms with van der Waals surface area (Å²) < 4.78 is 0. The Kier molecular flexibility index (Phi) is 4.81. The van der Waals surface area contributed by atoms with Crippen LogP contribution >= 0.6 is 11.6 Å². The lowest BCUT2D eigenvalue weighted by atomic mass is 10.2. The van der Waals surface area contributed by atoms with Crippen LogP contribution in [0.4, 0.5) is 11.4 Å². The van der Waals surface area contributed by atoms with Crippen LogP contribution in [0.25, 0.3) is 0 Å². The number of hydrogen-bond donors (Lipinski definition) is 2. The van der Waals surface area contributed by atoms with Crippen LogP contribution in [0, 0.1) is 6.92 Å². The van der Waals surface area contributed by atoms with Crippen LogP contribution < -0.4 is 10.6 Å². The summed E-state index contributed by atoms with van der Waals surface area (Å²) in [7, 11) is 0. The average molecular weight is 304 g/mol. The van der Waals surface area contributed by atoms with Crippen molar-refractivity contribution >= 4 is 28.9 Å². The number of rotatable bonds is 4. The fourth-order valence-electron chi connectivity index (χ4n) is 1.90. The van der Waals surface area contributed by atoms with E-state index < -0.39 is 0 Å². The van der Waals surface area contributed by atoms with Gasteiger partial charge in [0.05, 0.1) is 17.4 Å². The first kappa shape index (κ1) is 15.3. The van der Waals surface area contributed by atoms with E-state index in [1.165, 1.54) is 0 Å². The number of carbonyl (C=O) groups excluding carboxylic acids is 1. The molecule has 110 valence electrons. The highest BCUT2D eigenvalue weighted by Crippen LogP contribution is 2.23. The molecule has 2 aromatic rings. The van der Waals surface area contributed by atoms with Gasteiger partial charge in [0.2, 0.25) is 0 Å². The Morgan fingerprint density at radius 3 is 2.67 bits per heavy atom. The van der Waals surface area contributed by atoms with E-state index in [-0.39, 0.29) is 11.9 Å². The number of benzene rings is 1. The molecule has 1 aromatic heterocycles. The van der Waals surface area contributed by atoms with Crippen molar-refractivity contribution < 1.29 is 4.79 Å². The maximum absolute atomic E-state index is 12.0. The normalized spacial score (nSPS) is 10.5. The molecule has 0 atom stereocenters. The summed E-state index contributed by atoms with van der Waals surface area (Å²) in [6.45, 7) is 5.81. The van der Waals surface area contributed by atoms with Crippen LogP contribution in [-0.4, -0.2) is 16.9 Å². The molecule has 0 saturated carbocycles. The van der Waals surface area contributed by atoms with Crippen LogP contribution in [0.15, 0.2) is 36.7 Å². The molecule has 1 heterocycles. The van der Waals surface area contributed by atoms with Crippen molar-refractivity contribution in [3.63, 3.8) is 0 Å². The van der Waals surface area contributed by atoms with E-state index in [2.05, 4.69) is 15.6 Å². The molecule has 0 aliphatic carbocycles. The number of halogens is 1. The Morgan fingerprint density at radius 1 is 1.24 bits per heavy atom. The third-order valence-corrected chi connectivity index (χ3v) is 3.12. The van der Waals surface area contributed by atoms with Crippen LogP contribution in [-0.2, 0) is 0 Å². The summed E-state index contributed by atoms with van der Waals surface area (Å²) in [4.78, 5) is 16.1. The minimum atomic E-state index is -0.131. The van der Waals surface area contributed by atoms with E-state index in [4.69, 9.17) is 11.6 Å². The smallest absolute Gasteiger partial charge is 0.253 e. The van der Waals surface area contributed by atoms with Gasteiger partial charge in [-0.15, -0.1) is 0 Å². The largest absolute Gasteiger partial charge is 0.354 e. The number of hydrogen-bond acceptors (Lipinski definition) is 3. The fourth-order valence-corrected chi connectivity index (χ4v) is 2.13. The van der Waals surface area contributed by atoms with E-state index in [0.29, 0.717) is 10.6 Å². The molecule has 2 rings (SSSR count). The molecule has 1 aromatic carbocycles. The van der Waals surface area contributed by atoms with Gasteiger partial charge in [-0.2, -0.15) is 0 Å². The summed E-state index contributed by atoms with van der Waals surface area (Å²) >= 11 is 5.94. The molecular formula is C16H18ClN3O. The standard InChI is InChI=1S/C16H18ClN3O/c1-10(2)19-16(21)12-7-14(9-18-8-12)20-15-5-4-13(17)6-11(15)3/h4-10,20H,1-3H3,(H,19,21). The van der Waals surface area contributed by atoms with Crippen molar-refractivity contribution in [2.45, 2.75) is 26.8 Å². The van der Waals surface area contributed by atoms with E-state index in [1.807, 2.05) is 39.0 Å². The number of pyridine rings is 1. The van der Waals surface area contributed by atoms with Crippen LogP contribution in [0.5, 0.6) is 0 Å². The van der Waals surface area contributed by atoms with Crippen molar-refractivity contribution in [2.24, 2.45) is 0 Å². The molecule has 0 aliphatic heterocycles. The number of carbonyl (C=O) groups is 1. The lowest BCUT2D eigenvalue weighted by Gasteiger charge is -2.12. The summed E-state index contributed by atoms with van der Waals surface area (Å²) in [6, 6.07) is 7.47. The zero-order valence-corrected chi connectivity index (χ0v) is 13.0. The molecular weight excluding hydrogens is 286 g/mol. The number of nitrogens with one attached hydrogen (secondary N) is 2. The van der Waals surface area contributed by atoms with Gasteiger partial charge in [-0.25, -0.2) is 0 Å². The second-order valence-electron chi connectivity index (χ2n) is 5.17. The Balaban J connectivity index is 2.19. The highest BCUT2D eigenvalue weighted by molar-refractivity contribution is 6.30. The maximum Gasteiger partial charge on any atom is 0.253 e. The van der Waals surface area contributed by atoms with E-state index in [9.17, 15) is 4.79 Å². The zero-order chi connectivity index (χ0) is 15.4. The summed E-state index contributed by atoms with van der Waals surface area (Å²) in [5, 5.41) is 6.79. The van der Waals surface area contributed by atoms with Gasteiger partial charge >= 0.3 is 0 Å². The SMILES string of the molecule is Cc1cc(Cl)ccc1Nc1cncc(C(=O)NC(C)C)c1. The molecule has 0 bridgehead atoms. The first-order valence-corrected chi connectivity index (χ1v) is 7.12. The van der Waals surface area contributed by atoms with Crippen LogP contribution in [0.2, 0.25) is 5.02 Å². The minimum Gasteiger partial charge on any atom is -0.354 e. The second kappa shape index (κ2) is 6.59. The number of nitrogens with zero attached hydrogens (tertiary/aromatic N) is 1. The van der Waals surface area contributed by atoms with Gasteiger partial charge < -0.3 is 10.6 Å². The van der Waals surface area contributed by atoms with E-state index in [1.54, 1.807) is 18.5 Å². The molecule has 1 amide bonds. The summed E-state index contributed by atoms with van der Waals surface area (Å²) in [6.07, 6.45) is 3.23. The fraction of sp³-hybridized carbons (Fsp3) is 0.250. The van der Waals surface area contributed by atoms with Crippen molar-refractivity contribution in [1.29, 1.82) is 0 Å². The molecule has 0 fully saturated rings. The Hall–Kier alpha value is -2.07. The predicted octanol–water partition coefficient (Wildman–Crippen LogP) is 3.93. The van der Waals surface area contributed by atoms with Crippen molar-refractivity contribution in [2.75, 3.05) is 5.32 Å². The molecule has 0 aliphatic rings. The van der Waals surface area contributed by atoms with Crippen molar-refractivity contribution in [3.05, 3.63) is 52.8 Å². The van der Waals surface area contributed by atoms with Gasteiger partial charge in [-0.1, -0.05) is 11.6 Å². The number of anilines is 2. The Bertz CT molecular complexity index is 656. The third kappa shape index (κ3) is 4.20. The maximum atomic E-state index is 12.0. The molecule has 0 spiro atoms. The van der Waals surface area contributed by atoms with E-state index >= 15 is 0 Å². The molecule has 5 heteroatoms. The first-order chi connectivity index (χ1) is 9.95. The van der Waals surface area contributed by atoms with Gasteiger partial charge in [0.1, 0.15) is 0 Å². The highest BCUT2D eigenvalue weighted by Gasteiger charge is 2.08. The van der Waals surface area contributed by atoms with Crippen LogP contribution in [0.1, 0.15) is 29.8 Å². The monoisotopic (exact) mass is 303 g/mol. The summed E-state index contributed by atoms with van der Waals surface area (Å²) in [5.41, 5.74) is 3.25. The number of amides is 1. The highest BCUT2D eigenvalue weighted by atomic mass is 35.5. The average Bonchev–Trinajstić information content (AvgIpc) is 2.41. The predicted molar refractivity (Wildman–Crippen MR) is 86.3 cm³/mol. The minimum absolute atomic E-state index is 0.0904. The lowest BCUT2D eigenvalue weighted by Crippen LogP contribution is -2.30. The Morgan fingerprint density at radius 2 is 2.00 bits per heavy atom. The molecule has 0 radical (unpaired) electrons. The summed E-state index contributed by atoms with van der Waals surface area (Å²) in [5.74, 6) is -0.131. The molecule has 0 saturated heterocycles. The number of aryl methyl sites for hydroxylation is 1. The molecule has 21 heavy (non-hydrogen) atoms. The molecule has 0 unspecified atom stereocenters. The Labute approximate surface area is 129 Å². The van der Waals surface area contributed by atoms with Gasteiger partial charge in [0.25, 0.3) is 5.91 Å². The van der Waals surface area contributed by atoms with E-state index in [0.717, 1.165) is 16.9 Å². The molecule has 4 nitrogen and oxygen atoms in total.